The maximum absolute atomic E-state index is 12.0. The molecule has 0 bridgehead atoms. The molecule has 0 fully saturated rings. The normalized spacial score (nSPS) is 10.5. The number of carbonyl (C=O) groups excluding carboxylic acids is 1. The number of benzene rings is 1. The highest BCUT2D eigenvalue weighted by Crippen LogP contribution is 2.20. The van der Waals surface area contributed by atoms with Crippen molar-refractivity contribution in [1.82, 2.24) is 19.9 Å². The average Bonchev–Trinajstić information content (AvgIpc) is 3.16. The first-order valence-electron chi connectivity index (χ1n) is 6.97. The Labute approximate surface area is 141 Å². The van der Waals surface area contributed by atoms with Crippen LogP contribution in [0.3, 0.4) is 0 Å². The molecule has 0 aliphatic rings. The van der Waals surface area contributed by atoms with Gasteiger partial charge in [-0.15, -0.1) is 16.4 Å². The van der Waals surface area contributed by atoms with Gasteiger partial charge in [0.2, 0.25) is 0 Å². The van der Waals surface area contributed by atoms with Crippen molar-refractivity contribution in [1.29, 1.82) is 0 Å². The number of anilines is 1. The van der Waals surface area contributed by atoms with Crippen LogP contribution in [-0.4, -0.2) is 20.6 Å². The van der Waals surface area contributed by atoms with Gasteiger partial charge >= 0.3 is 6.03 Å². The van der Waals surface area contributed by atoms with Gasteiger partial charge in [0.15, 0.2) is 0 Å². The lowest BCUT2D eigenvalue weighted by molar-refractivity contribution is 0.252. The standard InChI is InChI=1S/C15H15N5OS2/c1-9-14(23-10(2)17-9)7-16-15(21)18-12-5-3-11(4-6-12)13-8-22-20-19-13/h3-6,8H,7H2,1-2H3,(H2,16,18,21). The molecule has 2 amide bonds. The first-order valence-corrected chi connectivity index (χ1v) is 8.62. The average molecular weight is 345 g/mol. The molecular formula is C15H15N5OS2. The van der Waals surface area contributed by atoms with Gasteiger partial charge in [-0.2, -0.15) is 0 Å². The minimum atomic E-state index is -0.237. The monoisotopic (exact) mass is 345 g/mol. The second-order valence-electron chi connectivity index (χ2n) is 4.92. The van der Waals surface area contributed by atoms with Crippen LogP contribution in [0.4, 0.5) is 10.5 Å². The Hall–Kier alpha value is -2.32. The molecule has 23 heavy (non-hydrogen) atoms. The second kappa shape index (κ2) is 6.84. The summed E-state index contributed by atoms with van der Waals surface area (Å²) in [5.41, 5.74) is 3.50. The van der Waals surface area contributed by atoms with E-state index in [4.69, 9.17) is 0 Å². The number of thiazole rings is 1. The number of aryl methyl sites for hydroxylation is 2. The quantitative estimate of drug-likeness (QED) is 0.757. The van der Waals surface area contributed by atoms with E-state index in [-0.39, 0.29) is 6.03 Å². The van der Waals surface area contributed by atoms with Gasteiger partial charge in [0, 0.05) is 21.5 Å². The van der Waals surface area contributed by atoms with E-state index in [0.29, 0.717) is 6.54 Å². The van der Waals surface area contributed by atoms with Gasteiger partial charge in [-0.3, -0.25) is 0 Å². The summed E-state index contributed by atoms with van der Waals surface area (Å²) in [6.45, 7) is 4.39. The van der Waals surface area contributed by atoms with E-state index in [1.54, 1.807) is 11.3 Å². The largest absolute Gasteiger partial charge is 0.333 e. The van der Waals surface area contributed by atoms with Crippen LogP contribution >= 0.6 is 22.9 Å². The van der Waals surface area contributed by atoms with Crippen molar-refractivity contribution in [2.45, 2.75) is 20.4 Å². The van der Waals surface area contributed by atoms with Crippen LogP contribution in [0, 0.1) is 13.8 Å². The smallest absolute Gasteiger partial charge is 0.319 e. The molecule has 8 heteroatoms. The van der Waals surface area contributed by atoms with E-state index in [1.807, 2.05) is 43.5 Å². The van der Waals surface area contributed by atoms with Crippen molar-refractivity contribution in [3.8, 4) is 11.3 Å². The number of carbonyl (C=O) groups is 1. The third-order valence-corrected chi connectivity index (χ3v) is 4.79. The topological polar surface area (TPSA) is 79.8 Å². The van der Waals surface area contributed by atoms with Crippen LogP contribution in [0.25, 0.3) is 11.3 Å². The lowest BCUT2D eigenvalue weighted by atomic mass is 10.1. The lowest BCUT2D eigenvalue weighted by Gasteiger charge is -2.07. The molecule has 6 nitrogen and oxygen atoms in total. The van der Waals surface area contributed by atoms with E-state index in [9.17, 15) is 4.79 Å². The number of amides is 2. The highest BCUT2D eigenvalue weighted by molar-refractivity contribution is 7.11. The highest BCUT2D eigenvalue weighted by atomic mass is 32.1. The number of urea groups is 1. The van der Waals surface area contributed by atoms with Crippen molar-refractivity contribution in [3.63, 3.8) is 0 Å². The summed E-state index contributed by atoms with van der Waals surface area (Å²) in [5, 5.41) is 12.6. The molecule has 0 saturated carbocycles. The molecule has 0 aliphatic heterocycles. The Bertz CT molecular complexity index is 796. The zero-order chi connectivity index (χ0) is 16.2. The number of hydrogen-bond donors (Lipinski definition) is 2. The zero-order valence-electron chi connectivity index (χ0n) is 12.7. The highest BCUT2D eigenvalue weighted by Gasteiger charge is 2.07. The Kier molecular flexibility index (Phi) is 4.63. The van der Waals surface area contributed by atoms with Crippen LogP contribution in [-0.2, 0) is 6.54 Å². The molecule has 0 radical (unpaired) electrons. The number of nitrogens with zero attached hydrogens (tertiary/aromatic N) is 3. The summed E-state index contributed by atoms with van der Waals surface area (Å²) in [6, 6.07) is 7.26. The molecule has 0 aliphatic carbocycles. The SMILES string of the molecule is Cc1nc(C)c(CNC(=O)Nc2ccc(-c3csnn3)cc2)s1. The third kappa shape index (κ3) is 3.91. The summed E-state index contributed by atoms with van der Waals surface area (Å²) in [6.07, 6.45) is 0. The van der Waals surface area contributed by atoms with Crippen molar-refractivity contribution in [2.24, 2.45) is 0 Å². The van der Waals surface area contributed by atoms with Crippen molar-refractivity contribution < 1.29 is 4.79 Å². The lowest BCUT2D eigenvalue weighted by Crippen LogP contribution is -2.28. The first kappa shape index (κ1) is 15.6. The van der Waals surface area contributed by atoms with Gasteiger partial charge in [0.1, 0.15) is 5.69 Å². The predicted octanol–water partition coefficient (Wildman–Crippen LogP) is 3.60. The maximum Gasteiger partial charge on any atom is 0.319 e. The van der Waals surface area contributed by atoms with Crippen LogP contribution in [0.1, 0.15) is 15.6 Å². The molecule has 2 N–H and O–H groups in total. The minimum Gasteiger partial charge on any atom is -0.333 e. The van der Waals surface area contributed by atoms with Gasteiger partial charge in [-0.25, -0.2) is 9.78 Å². The fourth-order valence-electron chi connectivity index (χ4n) is 2.09. The van der Waals surface area contributed by atoms with Gasteiger partial charge < -0.3 is 10.6 Å². The summed E-state index contributed by atoms with van der Waals surface area (Å²) in [4.78, 5) is 17.4. The van der Waals surface area contributed by atoms with Crippen molar-refractivity contribution in [3.05, 3.63) is 45.2 Å². The molecule has 0 saturated heterocycles. The molecule has 0 unspecified atom stereocenters. The van der Waals surface area contributed by atoms with Gasteiger partial charge in [0.05, 0.1) is 17.2 Å². The Balaban J connectivity index is 1.56. The van der Waals surface area contributed by atoms with E-state index >= 15 is 0 Å². The summed E-state index contributed by atoms with van der Waals surface area (Å²) < 4.78 is 3.84. The molecule has 2 aromatic heterocycles. The molecular weight excluding hydrogens is 330 g/mol. The fraction of sp³-hybridized carbons (Fsp3) is 0.200. The van der Waals surface area contributed by atoms with E-state index in [2.05, 4.69) is 25.2 Å². The van der Waals surface area contributed by atoms with Crippen LogP contribution in [0.5, 0.6) is 0 Å². The van der Waals surface area contributed by atoms with Crippen molar-refractivity contribution >= 4 is 34.6 Å². The first-order chi connectivity index (χ1) is 11.1. The summed E-state index contributed by atoms with van der Waals surface area (Å²) in [5.74, 6) is 0. The summed E-state index contributed by atoms with van der Waals surface area (Å²) in [7, 11) is 0. The van der Waals surface area contributed by atoms with Gasteiger partial charge in [0.25, 0.3) is 0 Å². The number of hydrogen-bond acceptors (Lipinski definition) is 6. The minimum absolute atomic E-state index is 0.237. The van der Waals surface area contributed by atoms with Crippen molar-refractivity contribution in [2.75, 3.05) is 5.32 Å². The fourth-order valence-corrected chi connectivity index (χ4v) is 3.43. The number of nitrogens with one attached hydrogen (secondary N) is 2. The predicted molar refractivity (Wildman–Crippen MR) is 92.8 cm³/mol. The number of rotatable bonds is 4. The van der Waals surface area contributed by atoms with E-state index in [0.717, 1.165) is 32.5 Å². The van der Waals surface area contributed by atoms with Crippen LogP contribution in [0.2, 0.25) is 0 Å². The summed E-state index contributed by atoms with van der Waals surface area (Å²) >= 11 is 2.91. The van der Waals surface area contributed by atoms with E-state index < -0.39 is 0 Å². The molecule has 3 rings (SSSR count). The molecule has 3 aromatic rings. The maximum atomic E-state index is 12.0. The molecule has 118 valence electrons. The number of aromatic nitrogens is 3. The second-order valence-corrected chi connectivity index (χ2v) is 6.81. The van der Waals surface area contributed by atoms with Crippen LogP contribution in [0.15, 0.2) is 29.6 Å². The van der Waals surface area contributed by atoms with Crippen LogP contribution < -0.4 is 10.6 Å². The molecule has 2 heterocycles. The Morgan fingerprint density at radius 1 is 1.22 bits per heavy atom. The van der Waals surface area contributed by atoms with Gasteiger partial charge in [-0.1, -0.05) is 16.6 Å². The van der Waals surface area contributed by atoms with Gasteiger partial charge in [-0.05, 0) is 37.5 Å². The molecule has 0 spiro atoms. The third-order valence-electron chi connectivity index (χ3n) is 3.21. The van der Waals surface area contributed by atoms with E-state index in [1.165, 1.54) is 11.5 Å². The molecule has 1 aromatic carbocycles. The Morgan fingerprint density at radius 2 is 2.00 bits per heavy atom. The Morgan fingerprint density at radius 3 is 2.61 bits per heavy atom. The molecule has 0 atom stereocenters. The zero-order valence-corrected chi connectivity index (χ0v) is 14.3.